The minimum Gasteiger partial charge on any atom is -0.306 e. The molecule has 20 heavy (non-hydrogen) atoms. The van der Waals surface area contributed by atoms with E-state index in [9.17, 15) is 0 Å². The van der Waals surface area contributed by atoms with Gasteiger partial charge in [-0.15, -0.1) is 0 Å². The molecule has 0 saturated heterocycles. The summed E-state index contributed by atoms with van der Waals surface area (Å²) >= 11 is 1.74. The molecule has 0 aliphatic rings. The molecule has 102 valence electrons. The van der Waals surface area contributed by atoms with E-state index in [4.69, 9.17) is 0 Å². The summed E-state index contributed by atoms with van der Waals surface area (Å²) in [4.78, 5) is 4.59. The van der Waals surface area contributed by atoms with Gasteiger partial charge in [0, 0.05) is 23.7 Å². The van der Waals surface area contributed by atoms with E-state index in [-0.39, 0.29) is 0 Å². The molecule has 1 N–H and O–H groups in total. The second kappa shape index (κ2) is 5.73. The molecule has 0 bridgehead atoms. The molecule has 0 fully saturated rings. The molecule has 0 spiro atoms. The summed E-state index contributed by atoms with van der Waals surface area (Å²) < 4.78 is 0. The topological polar surface area (TPSA) is 24.9 Å². The number of aromatic nitrogens is 1. The Morgan fingerprint density at radius 3 is 2.90 bits per heavy atom. The Bertz CT molecular complexity index is 704. The van der Waals surface area contributed by atoms with E-state index in [1.165, 1.54) is 16.5 Å². The van der Waals surface area contributed by atoms with Crippen molar-refractivity contribution in [2.75, 3.05) is 0 Å². The third-order valence-electron chi connectivity index (χ3n) is 3.57. The first-order valence-corrected chi connectivity index (χ1v) is 7.79. The number of hydrogen-bond acceptors (Lipinski definition) is 3. The van der Waals surface area contributed by atoms with E-state index in [0.717, 1.165) is 17.8 Å². The van der Waals surface area contributed by atoms with Gasteiger partial charge >= 0.3 is 0 Å². The van der Waals surface area contributed by atoms with Crippen molar-refractivity contribution in [3.05, 3.63) is 64.0 Å². The van der Waals surface area contributed by atoms with Gasteiger partial charge in [0.2, 0.25) is 0 Å². The predicted molar refractivity (Wildman–Crippen MR) is 86.1 cm³/mol. The zero-order valence-electron chi connectivity index (χ0n) is 11.8. The summed E-state index contributed by atoms with van der Waals surface area (Å²) in [5.74, 6) is 0. The number of benzene rings is 1. The van der Waals surface area contributed by atoms with E-state index < -0.39 is 0 Å². The lowest BCUT2D eigenvalue weighted by Gasteiger charge is -2.14. The third-order valence-corrected chi connectivity index (χ3v) is 4.27. The molecule has 3 aromatic rings. The zero-order valence-corrected chi connectivity index (χ0v) is 12.6. The van der Waals surface area contributed by atoms with Crippen molar-refractivity contribution in [3.8, 4) is 0 Å². The van der Waals surface area contributed by atoms with Crippen LogP contribution in [0.25, 0.3) is 10.9 Å². The number of pyridine rings is 1. The fourth-order valence-corrected chi connectivity index (χ4v) is 3.20. The summed E-state index contributed by atoms with van der Waals surface area (Å²) in [5.41, 5.74) is 4.82. The lowest BCUT2D eigenvalue weighted by Crippen LogP contribution is -2.18. The van der Waals surface area contributed by atoms with Crippen molar-refractivity contribution < 1.29 is 0 Å². The quantitative estimate of drug-likeness (QED) is 0.764. The molecular weight excluding hydrogens is 264 g/mol. The highest BCUT2D eigenvalue weighted by atomic mass is 32.1. The summed E-state index contributed by atoms with van der Waals surface area (Å²) in [6.07, 6.45) is 0. The third kappa shape index (κ3) is 2.74. The Balaban J connectivity index is 1.84. The maximum atomic E-state index is 4.59. The Hall–Kier alpha value is -1.71. The fraction of sp³-hybridized carbons (Fsp3) is 0.235. The van der Waals surface area contributed by atoms with Gasteiger partial charge in [0.1, 0.15) is 0 Å². The molecule has 0 aliphatic heterocycles. The van der Waals surface area contributed by atoms with Gasteiger partial charge in [-0.25, -0.2) is 0 Å². The lowest BCUT2D eigenvalue weighted by atomic mass is 10.1. The molecule has 0 amide bonds. The summed E-state index contributed by atoms with van der Waals surface area (Å²) in [7, 11) is 0. The highest BCUT2D eigenvalue weighted by Crippen LogP contribution is 2.20. The van der Waals surface area contributed by atoms with E-state index in [1.807, 2.05) is 6.07 Å². The second-order valence-corrected chi connectivity index (χ2v) is 5.88. The van der Waals surface area contributed by atoms with Crippen LogP contribution in [0.4, 0.5) is 0 Å². The highest BCUT2D eigenvalue weighted by Gasteiger charge is 2.07. The van der Waals surface area contributed by atoms with Gasteiger partial charge in [-0.2, -0.15) is 11.3 Å². The van der Waals surface area contributed by atoms with Gasteiger partial charge in [-0.3, -0.25) is 4.98 Å². The summed E-state index contributed by atoms with van der Waals surface area (Å²) in [6.45, 7) is 5.12. The van der Waals surface area contributed by atoms with Crippen LogP contribution in [-0.2, 0) is 6.54 Å². The van der Waals surface area contributed by atoms with Gasteiger partial charge in [0.15, 0.2) is 0 Å². The Kier molecular flexibility index (Phi) is 3.81. The molecule has 2 aromatic heterocycles. The van der Waals surface area contributed by atoms with Gasteiger partial charge < -0.3 is 5.32 Å². The average Bonchev–Trinajstić information content (AvgIpc) is 2.98. The number of hydrogen-bond donors (Lipinski definition) is 1. The largest absolute Gasteiger partial charge is 0.306 e. The van der Waals surface area contributed by atoms with Gasteiger partial charge in [0.25, 0.3) is 0 Å². The van der Waals surface area contributed by atoms with E-state index in [0.29, 0.717) is 6.04 Å². The first kappa shape index (κ1) is 13.3. The fourth-order valence-electron chi connectivity index (χ4n) is 2.44. The standard InChI is InChI=1S/C17H18N2S/c1-12-9-15(16-5-3-4-6-17(16)19-12)10-18-13(2)14-7-8-20-11-14/h3-9,11,13,18H,10H2,1-2H3. The van der Waals surface area contributed by atoms with E-state index >= 15 is 0 Å². The average molecular weight is 282 g/mol. The Morgan fingerprint density at radius 2 is 2.10 bits per heavy atom. The molecule has 1 aromatic carbocycles. The van der Waals surface area contributed by atoms with Crippen molar-refractivity contribution >= 4 is 22.2 Å². The summed E-state index contributed by atoms with van der Waals surface area (Å²) in [5, 5.41) is 9.17. The van der Waals surface area contributed by atoms with Crippen molar-refractivity contribution in [1.29, 1.82) is 0 Å². The number of fused-ring (bicyclic) bond motifs is 1. The lowest BCUT2D eigenvalue weighted by molar-refractivity contribution is 0.577. The smallest absolute Gasteiger partial charge is 0.0708 e. The van der Waals surface area contributed by atoms with Gasteiger partial charge in [-0.1, -0.05) is 18.2 Å². The van der Waals surface area contributed by atoms with Crippen LogP contribution in [0.5, 0.6) is 0 Å². The Morgan fingerprint density at radius 1 is 1.25 bits per heavy atom. The van der Waals surface area contributed by atoms with Crippen LogP contribution in [0.2, 0.25) is 0 Å². The maximum absolute atomic E-state index is 4.59. The van der Waals surface area contributed by atoms with Crippen LogP contribution in [-0.4, -0.2) is 4.98 Å². The molecule has 0 radical (unpaired) electrons. The summed E-state index contributed by atoms with van der Waals surface area (Å²) in [6, 6.07) is 13.1. The van der Waals surface area contributed by atoms with Crippen LogP contribution in [0.3, 0.4) is 0 Å². The van der Waals surface area contributed by atoms with Crippen molar-refractivity contribution in [1.82, 2.24) is 10.3 Å². The number of rotatable bonds is 4. The predicted octanol–water partition coefficient (Wildman–Crippen LogP) is 4.46. The first-order valence-electron chi connectivity index (χ1n) is 6.85. The number of aryl methyl sites for hydroxylation is 1. The molecule has 3 rings (SSSR count). The molecule has 2 heterocycles. The van der Waals surface area contributed by atoms with Crippen LogP contribution in [0.1, 0.15) is 29.8 Å². The second-order valence-electron chi connectivity index (χ2n) is 5.10. The number of nitrogens with one attached hydrogen (secondary N) is 1. The SMILES string of the molecule is Cc1cc(CNC(C)c2ccsc2)c2ccccc2n1. The van der Waals surface area contributed by atoms with Crippen LogP contribution in [0.15, 0.2) is 47.2 Å². The van der Waals surface area contributed by atoms with Crippen molar-refractivity contribution in [2.45, 2.75) is 26.4 Å². The van der Waals surface area contributed by atoms with E-state index in [1.54, 1.807) is 11.3 Å². The minimum absolute atomic E-state index is 0.369. The molecule has 1 unspecified atom stereocenters. The number of nitrogens with zero attached hydrogens (tertiary/aromatic N) is 1. The van der Waals surface area contributed by atoms with Crippen molar-refractivity contribution in [2.24, 2.45) is 0 Å². The van der Waals surface area contributed by atoms with Crippen molar-refractivity contribution in [3.63, 3.8) is 0 Å². The van der Waals surface area contributed by atoms with Gasteiger partial charge in [-0.05, 0) is 53.9 Å². The molecule has 0 aliphatic carbocycles. The number of para-hydroxylation sites is 1. The minimum atomic E-state index is 0.369. The highest BCUT2D eigenvalue weighted by molar-refractivity contribution is 7.07. The first-order chi connectivity index (χ1) is 9.74. The number of thiophene rings is 1. The molecule has 1 atom stereocenters. The Labute approximate surface area is 123 Å². The van der Waals surface area contributed by atoms with Gasteiger partial charge in [0.05, 0.1) is 5.52 Å². The normalized spacial score (nSPS) is 12.7. The maximum Gasteiger partial charge on any atom is 0.0708 e. The van der Waals surface area contributed by atoms with E-state index in [2.05, 4.69) is 65.2 Å². The molecule has 0 saturated carbocycles. The zero-order chi connectivity index (χ0) is 13.9. The molecule has 3 heteroatoms. The molecular formula is C17H18N2S. The monoisotopic (exact) mass is 282 g/mol. The van der Waals surface area contributed by atoms with Crippen LogP contribution < -0.4 is 5.32 Å². The van der Waals surface area contributed by atoms with Crippen LogP contribution in [0, 0.1) is 6.92 Å². The molecule has 2 nitrogen and oxygen atoms in total. The van der Waals surface area contributed by atoms with Crippen LogP contribution >= 0.6 is 11.3 Å².